The third-order valence-electron chi connectivity index (χ3n) is 3.18. The van der Waals surface area contributed by atoms with Gasteiger partial charge in [-0.15, -0.1) is 11.3 Å². The van der Waals surface area contributed by atoms with E-state index in [9.17, 15) is 9.18 Å². The molecule has 0 radical (unpaired) electrons. The third kappa shape index (κ3) is 3.82. The van der Waals surface area contributed by atoms with Gasteiger partial charge in [0.1, 0.15) is 5.82 Å². The molecule has 0 fully saturated rings. The minimum Gasteiger partial charge on any atom is -0.478 e. The highest BCUT2D eigenvalue weighted by Gasteiger charge is 2.04. The Bertz CT molecular complexity index is 874. The van der Waals surface area contributed by atoms with E-state index in [1.165, 1.54) is 35.6 Å². The number of rotatable bonds is 5. The predicted molar refractivity (Wildman–Crippen MR) is 92.1 cm³/mol. The fourth-order valence-corrected chi connectivity index (χ4v) is 2.62. The van der Waals surface area contributed by atoms with Crippen LogP contribution in [0, 0.1) is 5.82 Å². The van der Waals surface area contributed by atoms with Crippen molar-refractivity contribution in [3.8, 4) is 11.3 Å². The van der Waals surface area contributed by atoms with E-state index in [4.69, 9.17) is 5.11 Å². The molecule has 120 valence electrons. The summed E-state index contributed by atoms with van der Waals surface area (Å²) in [6.07, 6.45) is 1.57. The van der Waals surface area contributed by atoms with Crippen LogP contribution in [0.15, 0.2) is 59.0 Å². The van der Waals surface area contributed by atoms with E-state index in [1.807, 2.05) is 5.38 Å². The van der Waals surface area contributed by atoms with Gasteiger partial charge >= 0.3 is 5.97 Å². The van der Waals surface area contributed by atoms with Crippen molar-refractivity contribution in [3.05, 3.63) is 70.9 Å². The summed E-state index contributed by atoms with van der Waals surface area (Å²) >= 11 is 1.38. The van der Waals surface area contributed by atoms with E-state index in [2.05, 4.69) is 15.5 Å². The second kappa shape index (κ2) is 7.01. The van der Waals surface area contributed by atoms with E-state index in [-0.39, 0.29) is 11.4 Å². The number of aromatic nitrogens is 1. The standard InChI is InChI=1S/C17H12FN3O2S/c18-14-7-5-12(6-8-14)15-10-24-17(20-15)21-19-9-11-1-3-13(4-2-11)16(22)23/h1-10H,(H,20,21)(H,22,23)/b19-9+. The molecule has 1 aromatic heterocycles. The molecule has 0 saturated heterocycles. The number of nitrogens with zero attached hydrogens (tertiary/aromatic N) is 2. The Morgan fingerprint density at radius 2 is 1.88 bits per heavy atom. The molecule has 0 atom stereocenters. The number of nitrogens with one attached hydrogen (secondary N) is 1. The molecule has 0 amide bonds. The molecular formula is C17H12FN3O2S. The first-order valence-electron chi connectivity index (χ1n) is 6.96. The highest BCUT2D eigenvalue weighted by Crippen LogP contribution is 2.24. The quantitative estimate of drug-likeness (QED) is 0.541. The minimum absolute atomic E-state index is 0.226. The first-order valence-corrected chi connectivity index (χ1v) is 7.84. The zero-order valence-corrected chi connectivity index (χ0v) is 13.1. The normalized spacial score (nSPS) is 10.9. The monoisotopic (exact) mass is 341 g/mol. The summed E-state index contributed by atoms with van der Waals surface area (Å²) in [5.41, 5.74) is 5.38. The van der Waals surface area contributed by atoms with E-state index in [0.717, 1.165) is 16.8 Å². The van der Waals surface area contributed by atoms with E-state index >= 15 is 0 Å². The van der Waals surface area contributed by atoms with Crippen LogP contribution in [0.4, 0.5) is 9.52 Å². The van der Waals surface area contributed by atoms with Crippen molar-refractivity contribution in [2.24, 2.45) is 5.10 Å². The second-order valence-electron chi connectivity index (χ2n) is 4.84. The minimum atomic E-state index is -0.965. The number of thiazole rings is 1. The fraction of sp³-hybridized carbons (Fsp3) is 0. The zero-order valence-electron chi connectivity index (χ0n) is 12.3. The Hall–Kier alpha value is -3.06. The molecule has 7 heteroatoms. The maximum absolute atomic E-state index is 12.9. The molecule has 3 aromatic rings. The average Bonchev–Trinajstić information content (AvgIpc) is 3.05. The van der Waals surface area contributed by atoms with Crippen LogP contribution in [0.25, 0.3) is 11.3 Å². The Kier molecular flexibility index (Phi) is 4.62. The summed E-state index contributed by atoms with van der Waals surface area (Å²) in [6, 6.07) is 12.5. The maximum Gasteiger partial charge on any atom is 0.335 e. The number of aromatic carboxylic acids is 1. The Labute approximate surface area is 141 Å². The van der Waals surface area contributed by atoms with E-state index in [0.29, 0.717) is 5.13 Å². The van der Waals surface area contributed by atoms with Crippen LogP contribution in [0.1, 0.15) is 15.9 Å². The number of hydrogen-bond acceptors (Lipinski definition) is 5. The molecule has 2 aromatic carbocycles. The fourth-order valence-electron chi connectivity index (χ4n) is 1.95. The van der Waals surface area contributed by atoms with Crippen LogP contribution < -0.4 is 5.43 Å². The second-order valence-corrected chi connectivity index (χ2v) is 5.70. The Morgan fingerprint density at radius 3 is 2.54 bits per heavy atom. The van der Waals surface area contributed by atoms with Crippen LogP contribution in [-0.2, 0) is 0 Å². The lowest BCUT2D eigenvalue weighted by Gasteiger charge is -1.97. The lowest BCUT2D eigenvalue weighted by molar-refractivity contribution is 0.0697. The molecule has 3 rings (SSSR count). The molecule has 0 aliphatic heterocycles. The summed E-state index contributed by atoms with van der Waals surface area (Å²) in [5.74, 6) is -1.25. The summed E-state index contributed by atoms with van der Waals surface area (Å²) < 4.78 is 12.9. The van der Waals surface area contributed by atoms with Crippen molar-refractivity contribution in [1.29, 1.82) is 0 Å². The van der Waals surface area contributed by atoms with Gasteiger partial charge in [0.25, 0.3) is 0 Å². The Balaban J connectivity index is 1.64. The number of carboxylic acid groups (broad SMARTS) is 1. The van der Waals surface area contributed by atoms with Crippen molar-refractivity contribution in [2.45, 2.75) is 0 Å². The number of carbonyl (C=O) groups is 1. The van der Waals surface area contributed by atoms with Crippen LogP contribution in [0.2, 0.25) is 0 Å². The topological polar surface area (TPSA) is 74.6 Å². The lowest BCUT2D eigenvalue weighted by atomic mass is 10.1. The van der Waals surface area contributed by atoms with Gasteiger partial charge in [0.05, 0.1) is 17.5 Å². The van der Waals surface area contributed by atoms with Crippen molar-refractivity contribution in [3.63, 3.8) is 0 Å². The summed E-state index contributed by atoms with van der Waals surface area (Å²) in [5, 5.41) is 15.4. The molecule has 24 heavy (non-hydrogen) atoms. The SMILES string of the molecule is O=C(O)c1ccc(/C=N/Nc2nc(-c3ccc(F)cc3)cs2)cc1. The first-order chi connectivity index (χ1) is 11.6. The average molecular weight is 341 g/mol. The lowest BCUT2D eigenvalue weighted by Crippen LogP contribution is -1.96. The molecule has 0 saturated carbocycles. The summed E-state index contributed by atoms with van der Waals surface area (Å²) in [7, 11) is 0. The maximum atomic E-state index is 12.9. The van der Waals surface area contributed by atoms with Crippen LogP contribution in [-0.4, -0.2) is 22.3 Å². The van der Waals surface area contributed by atoms with Crippen molar-refractivity contribution < 1.29 is 14.3 Å². The molecule has 2 N–H and O–H groups in total. The van der Waals surface area contributed by atoms with Crippen molar-refractivity contribution in [2.75, 3.05) is 5.43 Å². The summed E-state index contributed by atoms with van der Waals surface area (Å²) in [6.45, 7) is 0. The van der Waals surface area contributed by atoms with E-state index in [1.54, 1.807) is 30.5 Å². The molecule has 0 spiro atoms. The van der Waals surface area contributed by atoms with Crippen molar-refractivity contribution >= 4 is 28.7 Å². The van der Waals surface area contributed by atoms with E-state index < -0.39 is 5.97 Å². The third-order valence-corrected chi connectivity index (χ3v) is 3.92. The molecule has 0 aliphatic rings. The van der Waals surface area contributed by atoms with Gasteiger partial charge in [0, 0.05) is 10.9 Å². The van der Waals surface area contributed by atoms with Crippen LogP contribution in [0.5, 0.6) is 0 Å². The van der Waals surface area contributed by atoms with Gasteiger partial charge in [0.2, 0.25) is 5.13 Å². The number of carboxylic acids is 1. The molecule has 5 nitrogen and oxygen atoms in total. The highest BCUT2D eigenvalue weighted by atomic mass is 32.1. The van der Waals surface area contributed by atoms with Crippen LogP contribution in [0.3, 0.4) is 0 Å². The zero-order chi connectivity index (χ0) is 16.9. The Morgan fingerprint density at radius 1 is 1.17 bits per heavy atom. The molecule has 0 unspecified atom stereocenters. The van der Waals surface area contributed by atoms with Gasteiger partial charge in [-0.05, 0) is 42.0 Å². The smallest absolute Gasteiger partial charge is 0.335 e. The van der Waals surface area contributed by atoms with Crippen molar-refractivity contribution in [1.82, 2.24) is 4.98 Å². The van der Waals surface area contributed by atoms with Gasteiger partial charge < -0.3 is 5.11 Å². The predicted octanol–water partition coefficient (Wildman–Crippen LogP) is 4.09. The first kappa shape index (κ1) is 15.8. The molecular weight excluding hydrogens is 329 g/mol. The summed E-state index contributed by atoms with van der Waals surface area (Å²) in [4.78, 5) is 15.1. The molecule has 0 bridgehead atoms. The van der Waals surface area contributed by atoms with Gasteiger partial charge in [-0.2, -0.15) is 5.10 Å². The number of hydrogen-bond donors (Lipinski definition) is 2. The molecule has 0 aliphatic carbocycles. The van der Waals surface area contributed by atoms with Crippen LogP contribution >= 0.6 is 11.3 Å². The van der Waals surface area contributed by atoms with Gasteiger partial charge in [-0.1, -0.05) is 12.1 Å². The van der Waals surface area contributed by atoms with Gasteiger partial charge in [-0.25, -0.2) is 14.2 Å². The van der Waals surface area contributed by atoms with Gasteiger partial charge in [0.15, 0.2) is 0 Å². The highest BCUT2D eigenvalue weighted by molar-refractivity contribution is 7.14. The number of halogens is 1. The largest absolute Gasteiger partial charge is 0.478 e. The molecule has 1 heterocycles. The number of benzene rings is 2. The number of anilines is 1. The number of hydrazone groups is 1. The van der Waals surface area contributed by atoms with Gasteiger partial charge in [-0.3, -0.25) is 5.43 Å².